The van der Waals surface area contributed by atoms with Gasteiger partial charge in [0.1, 0.15) is 28.7 Å². The molecule has 2 aromatic heterocycles. The lowest BCUT2D eigenvalue weighted by Gasteiger charge is -2.36. The summed E-state index contributed by atoms with van der Waals surface area (Å²) in [6.07, 6.45) is 9.10. The molecule has 1 unspecified atom stereocenters. The lowest BCUT2D eigenvalue weighted by Crippen LogP contribution is -2.53. The molecule has 2 amide bonds. The minimum atomic E-state index is -0.649. The molecule has 218 valence electrons. The average Bonchev–Trinajstić information content (AvgIpc) is 3.59. The summed E-state index contributed by atoms with van der Waals surface area (Å²) >= 11 is 0. The van der Waals surface area contributed by atoms with Crippen LogP contribution in [0.2, 0.25) is 0 Å². The number of amides is 2. The van der Waals surface area contributed by atoms with Crippen LogP contribution < -0.4 is 5.32 Å². The number of imidazole rings is 1. The Balaban J connectivity index is 1.45. The van der Waals surface area contributed by atoms with Crippen LogP contribution in [0.5, 0.6) is 0 Å². The Labute approximate surface area is 238 Å². The third kappa shape index (κ3) is 5.86. The average molecular weight is 564 g/mol. The molecule has 2 aliphatic rings. The maximum Gasteiger partial charge on any atom is 0.270 e. The molecular weight excluding hydrogens is 525 g/mol. The first-order valence-corrected chi connectivity index (χ1v) is 14.5. The lowest BCUT2D eigenvalue weighted by molar-refractivity contribution is -0.128. The number of hydrogen-bond acceptors (Lipinski definition) is 6. The van der Waals surface area contributed by atoms with E-state index in [1.54, 1.807) is 23.0 Å². The standard InChI is InChI=1S/C29H38FN9O2/c1-3-39-22(13-14-33-39)29(41)36-25(19-9-7-5-4-6-8-10-19)28-34-21-12-11-20(24(30)26(21)35-28)27(32)38-16-15-37(18(2)40)17-23(38)31/h11-14,19,25,31-32H,3-10,15-17H2,1-2H3,(H,34,35)(H,36,41). The van der Waals surface area contributed by atoms with Crippen molar-refractivity contribution in [2.45, 2.75) is 71.4 Å². The highest BCUT2D eigenvalue weighted by Crippen LogP contribution is 2.34. The van der Waals surface area contributed by atoms with Crippen LogP contribution in [-0.2, 0) is 11.3 Å². The fourth-order valence-corrected chi connectivity index (χ4v) is 5.98. The van der Waals surface area contributed by atoms with E-state index in [1.165, 1.54) is 29.2 Å². The van der Waals surface area contributed by atoms with Crippen LogP contribution in [0.25, 0.3) is 11.0 Å². The molecule has 11 nitrogen and oxygen atoms in total. The number of fused-ring (bicyclic) bond motifs is 1. The van der Waals surface area contributed by atoms with Crippen molar-refractivity contribution in [2.75, 3.05) is 19.6 Å². The van der Waals surface area contributed by atoms with Crippen LogP contribution in [0.3, 0.4) is 0 Å². The maximum atomic E-state index is 15.9. The van der Waals surface area contributed by atoms with E-state index in [9.17, 15) is 9.59 Å². The summed E-state index contributed by atoms with van der Waals surface area (Å²) in [4.78, 5) is 36.0. The van der Waals surface area contributed by atoms with Crippen LogP contribution in [0.4, 0.5) is 4.39 Å². The van der Waals surface area contributed by atoms with E-state index < -0.39 is 11.9 Å². The largest absolute Gasteiger partial charge is 0.340 e. The number of carbonyl (C=O) groups excluding carboxylic acids is 2. The van der Waals surface area contributed by atoms with Crippen LogP contribution in [0, 0.1) is 22.6 Å². The van der Waals surface area contributed by atoms with Crippen molar-refractivity contribution in [1.29, 1.82) is 10.8 Å². The highest BCUT2D eigenvalue weighted by atomic mass is 19.1. The fourth-order valence-electron chi connectivity index (χ4n) is 5.98. The summed E-state index contributed by atoms with van der Waals surface area (Å²) < 4.78 is 17.6. The Morgan fingerprint density at radius 2 is 1.88 bits per heavy atom. The lowest BCUT2D eigenvalue weighted by atomic mass is 9.85. The second kappa shape index (κ2) is 12.2. The third-order valence-electron chi connectivity index (χ3n) is 8.29. The van der Waals surface area contributed by atoms with Crippen molar-refractivity contribution in [3.63, 3.8) is 0 Å². The number of benzene rings is 1. The number of amidine groups is 2. The van der Waals surface area contributed by atoms with E-state index in [2.05, 4.69) is 20.4 Å². The number of H-pyrrole nitrogens is 1. The van der Waals surface area contributed by atoms with E-state index in [0.29, 0.717) is 30.1 Å². The summed E-state index contributed by atoms with van der Waals surface area (Å²) in [5, 5.41) is 24.5. The van der Waals surface area contributed by atoms with Gasteiger partial charge in [-0.15, -0.1) is 0 Å². The van der Waals surface area contributed by atoms with E-state index in [0.717, 1.165) is 38.5 Å². The molecule has 1 saturated carbocycles. The summed E-state index contributed by atoms with van der Waals surface area (Å²) in [6.45, 7) is 4.62. The number of piperazine rings is 1. The van der Waals surface area contributed by atoms with Gasteiger partial charge in [-0.3, -0.25) is 25.1 Å². The van der Waals surface area contributed by atoms with Gasteiger partial charge in [0.2, 0.25) is 5.91 Å². The Bertz CT molecular complexity index is 1450. The molecule has 1 atom stereocenters. The first kappa shape index (κ1) is 28.4. The number of hydrogen-bond donors (Lipinski definition) is 4. The molecule has 41 heavy (non-hydrogen) atoms. The molecule has 3 aromatic rings. The Morgan fingerprint density at radius 1 is 1.15 bits per heavy atom. The molecule has 4 N–H and O–H groups in total. The highest BCUT2D eigenvalue weighted by Gasteiger charge is 2.31. The van der Waals surface area contributed by atoms with Crippen molar-refractivity contribution in [3.05, 3.63) is 47.3 Å². The molecule has 12 heteroatoms. The molecular formula is C29H38FN9O2. The summed E-state index contributed by atoms with van der Waals surface area (Å²) in [5.74, 6) is -0.477. The van der Waals surface area contributed by atoms with Crippen molar-refractivity contribution in [3.8, 4) is 0 Å². The van der Waals surface area contributed by atoms with Gasteiger partial charge in [-0.2, -0.15) is 5.10 Å². The first-order valence-electron chi connectivity index (χ1n) is 14.5. The number of halogens is 1. The summed E-state index contributed by atoms with van der Waals surface area (Å²) in [6, 6.07) is 4.47. The molecule has 2 fully saturated rings. The van der Waals surface area contributed by atoms with Crippen LogP contribution in [0.15, 0.2) is 24.4 Å². The predicted octanol–water partition coefficient (Wildman–Crippen LogP) is 4.22. The molecule has 1 aromatic carbocycles. The Kier molecular flexibility index (Phi) is 8.46. The van der Waals surface area contributed by atoms with Crippen molar-refractivity contribution in [2.24, 2.45) is 5.92 Å². The van der Waals surface area contributed by atoms with Gasteiger partial charge in [0.15, 0.2) is 5.82 Å². The Hall–Kier alpha value is -4.09. The fraction of sp³-hybridized carbons (Fsp3) is 0.517. The molecule has 0 spiro atoms. The third-order valence-corrected chi connectivity index (χ3v) is 8.29. The zero-order valence-electron chi connectivity index (χ0n) is 23.7. The summed E-state index contributed by atoms with van der Waals surface area (Å²) in [7, 11) is 0. The van der Waals surface area contributed by atoms with Gasteiger partial charge in [-0.25, -0.2) is 9.37 Å². The monoisotopic (exact) mass is 563 g/mol. The molecule has 1 aliphatic heterocycles. The molecule has 3 heterocycles. The zero-order valence-corrected chi connectivity index (χ0v) is 23.7. The van der Waals surface area contributed by atoms with E-state index >= 15 is 4.39 Å². The minimum Gasteiger partial charge on any atom is -0.340 e. The van der Waals surface area contributed by atoms with E-state index in [-0.39, 0.29) is 53.6 Å². The molecule has 5 rings (SSSR count). The van der Waals surface area contributed by atoms with Gasteiger partial charge in [0, 0.05) is 32.8 Å². The topological polar surface area (TPSA) is 147 Å². The highest BCUT2D eigenvalue weighted by molar-refractivity contribution is 6.09. The number of aromatic nitrogens is 4. The first-order chi connectivity index (χ1) is 19.8. The van der Waals surface area contributed by atoms with Crippen LogP contribution in [0.1, 0.15) is 86.7 Å². The van der Waals surface area contributed by atoms with E-state index in [1.807, 2.05) is 6.92 Å². The summed E-state index contributed by atoms with van der Waals surface area (Å²) in [5.41, 5.74) is 1.08. The van der Waals surface area contributed by atoms with Gasteiger partial charge in [0.05, 0.1) is 23.7 Å². The molecule has 1 saturated heterocycles. The SMILES string of the molecule is CCn1nccc1C(=O)NC(c1nc2c(F)c(C(=N)N3CCN(C(C)=O)CC3=N)ccc2[nH]1)C1CCCCCCC1. The zero-order chi connectivity index (χ0) is 29.1. The molecule has 0 bridgehead atoms. The van der Waals surface area contributed by atoms with Crippen LogP contribution in [-0.4, -0.2) is 72.7 Å². The minimum absolute atomic E-state index is 0.0370. The molecule has 1 aliphatic carbocycles. The maximum absolute atomic E-state index is 15.9. The van der Waals surface area contributed by atoms with E-state index in [4.69, 9.17) is 10.8 Å². The second-order valence-corrected chi connectivity index (χ2v) is 10.9. The number of nitrogens with zero attached hydrogens (tertiary/aromatic N) is 5. The van der Waals surface area contributed by atoms with Crippen molar-refractivity contribution in [1.82, 2.24) is 34.9 Å². The van der Waals surface area contributed by atoms with Gasteiger partial charge in [-0.1, -0.05) is 32.1 Å². The second-order valence-electron chi connectivity index (χ2n) is 10.9. The number of nitrogens with one attached hydrogen (secondary N) is 4. The molecule has 0 radical (unpaired) electrons. The number of aryl methyl sites for hydroxylation is 1. The van der Waals surface area contributed by atoms with Gasteiger partial charge < -0.3 is 20.1 Å². The number of carbonyl (C=O) groups is 2. The van der Waals surface area contributed by atoms with Crippen molar-refractivity contribution < 1.29 is 14.0 Å². The normalized spacial score (nSPS) is 17.8. The van der Waals surface area contributed by atoms with Gasteiger partial charge in [-0.05, 0) is 43.9 Å². The van der Waals surface area contributed by atoms with Crippen molar-refractivity contribution >= 4 is 34.5 Å². The van der Waals surface area contributed by atoms with Gasteiger partial charge >= 0.3 is 0 Å². The smallest absolute Gasteiger partial charge is 0.270 e. The quantitative estimate of drug-likeness (QED) is 0.262. The van der Waals surface area contributed by atoms with Gasteiger partial charge in [0.25, 0.3) is 5.91 Å². The number of aromatic amines is 1. The predicted molar refractivity (Wildman–Crippen MR) is 153 cm³/mol. The number of rotatable bonds is 6. The Morgan fingerprint density at radius 3 is 2.56 bits per heavy atom. The van der Waals surface area contributed by atoms with Crippen LogP contribution >= 0.6 is 0 Å².